The zero-order valence-electron chi connectivity index (χ0n) is 18.8. The molecule has 1 fully saturated rings. The van der Waals surface area contributed by atoms with E-state index >= 15 is 0 Å². The van der Waals surface area contributed by atoms with Gasteiger partial charge < -0.3 is 5.32 Å². The molecule has 0 unspecified atom stereocenters. The van der Waals surface area contributed by atoms with Crippen LogP contribution in [0.4, 0.5) is 5.69 Å². The van der Waals surface area contributed by atoms with Gasteiger partial charge in [-0.25, -0.2) is 0 Å². The van der Waals surface area contributed by atoms with Gasteiger partial charge in [0.25, 0.3) is 11.6 Å². The second-order valence-corrected chi connectivity index (χ2v) is 9.33. The summed E-state index contributed by atoms with van der Waals surface area (Å²) in [4.78, 5) is 23.5. The molecular formula is C26H23N5O3S. The molecule has 1 aliphatic rings. The number of aromatic nitrogens is 3. The second-order valence-electron chi connectivity index (χ2n) is 8.39. The van der Waals surface area contributed by atoms with Gasteiger partial charge >= 0.3 is 0 Å². The molecule has 35 heavy (non-hydrogen) atoms. The van der Waals surface area contributed by atoms with Crippen LogP contribution in [0.5, 0.6) is 0 Å². The Hall–Kier alpha value is -3.98. The number of carbonyl (C=O) groups is 1. The number of hydrogen-bond donors (Lipinski definition) is 1. The SMILES string of the molecule is O=C(NC1CC1)c1ccc(CSc2nnc(-c3ccccc3[N+](=O)[O-])n2Cc2ccccc2)cc1. The monoisotopic (exact) mass is 485 g/mol. The number of nitrogens with zero attached hydrogens (tertiary/aromatic N) is 4. The Morgan fingerprint density at radius 3 is 2.40 bits per heavy atom. The number of nitrogens with one attached hydrogen (secondary N) is 1. The molecule has 0 radical (unpaired) electrons. The number of benzene rings is 3. The van der Waals surface area contributed by atoms with Crippen LogP contribution < -0.4 is 5.32 Å². The van der Waals surface area contributed by atoms with Crippen LogP contribution >= 0.6 is 11.8 Å². The highest BCUT2D eigenvalue weighted by Crippen LogP contribution is 2.32. The zero-order chi connectivity index (χ0) is 24.2. The van der Waals surface area contributed by atoms with E-state index in [1.165, 1.54) is 17.8 Å². The third-order valence-electron chi connectivity index (χ3n) is 5.74. The van der Waals surface area contributed by atoms with Crippen molar-refractivity contribution < 1.29 is 9.72 Å². The molecule has 0 atom stereocenters. The molecule has 176 valence electrons. The third kappa shape index (κ3) is 5.41. The van der Waals surface area contributed by atoms with E-state index in [0.29, 0.717) is 40.4 Å². The fourth-order valence-electron chi connectivity index (χ4n) is 3.72. The maximum atomic E-state index is 12.2. The van der Waals surface area contributed by atoms with Gasteiger partial charge in [-0.15, -0.1) is 10.2 Å². The Bertz CT molecular complexity index is 1350. The van der Waals surface area contributed by atoms with Gasteiger partial charge in [0.15, 0.2) is 11.0 Å². The van der Waals surface area contributed by atoms with Crippen LogP contribution in [-0.4, -0.2) is 31.6 Å². The maximum Gasteiger partial charge on any atom is 0.280 e. The lowest BCUT2D eigenvalue weighted by Crippen LogP contribution is -2.25. The lowest BCUT2D eigenvalue weighted by atomic mass is 10.1. The van der Waals surface area contributed by atoms with Crippen LogP contribution in [0.3, 0.4) is 0 Å². The van der Waals surface area contributed by atoms with Gasteiger partial charge in [-0.1, -0.05) is 66.4 Å². The van der Waals surface area contributed by atoms with E-state index in [-0.39, 0.29) is 11.6 Å². The first-order chi connectivity index (χ1) is 17.1. The van der Waals surface area contributed by atoms with Crippen LogP contribution in [0.1, 0.15) is 34.3 Å². The van der Waals surface area contributed by atoms with Crippen molar-refractivity contribution in [2.24, 2.45) is 0 Å². The molecule has 8 nitrogen and oxygen atoms in total. The fraction of sp³-hybridized carbons (Fsp3) is 0.192. The van der Waals surface area contributed by atoms with Gasteiger partial charge in [-0.05, 0) is 42.2 Å². The minimum Gasteiger partial charge on any atom is -0.349 e. The summed E-state index contributed by atoms with van der Waals surface area (Å²) in [5, 5.41) is 24.0. The first kappa shape index (κ1) is 22.8. The average Bonchev–Trinajstić information content (AvgIpc) is 3.62. The van der Waals surface area contributed by atoms with Crippen LogP contribution in [0.2, 0.25) is 0 Å². The first-order valence-electron chi connectivity index (χ1n) is 11.3. The van der Waals surface area contributed by atoms with Crippen LogP contribution in [0, 0.1) is 10.1 Å². The smallest absolute Gasteiger partial charge is 0.280 e. The topological polar surface area (TPSA) is 103 Å². The Labute approximate surface area is 206 Å². The summed E-state index contributed by atoms with van der Waals surface area (Å²) >= 11 is 1.50. The van der Waals surface area contributed by atoms with E-state index in [0.717, 1.165) is 24.0 Å². The van der Waals surface area contributed by atoms with Crippen molar-refractivity contribution >= 4 is 23.4 Å². The number of thioether (sulfide) groups is 1. The van der Waals surface area contributed by atoms with E-state index in [1.54, 1.807) is 18.2 Å². The Morgan fingerprint density at radius 2 is 1.69 bits per heavy atom. The highest BCUT2D eigenvalue weighted by molar-refractivity contribution is 7.98. The normalized spacial score (nSPS) is 12.9. The van der Waals surface area contributed by atoms with Gasteiger partial charge in [0, 0.05) is 23.4 Å². The molecule has 1 saturated carbocycles. The Morgan fingerprint density at radius 1 is 0.971 bits per heavy atom. The summed E-state index contributed by atoms with van der Waals surface area (Å²) in [6, 6.07) is 24.3. The quantitative estimate of drug-likeness (QED) is 0.201. The maximum absolute atomic E-state index is 12.2. The van der Waals surface area contributed by atoms with Crippen molar-refractivity contribution in [3.05, 3.63) is 106 Å². The molecule has 1 amide bonds. The predicted molar refractivity (Wildman–Crippen MR) is 134 cm³/mol. The van der Waals surface area contributed by atoms with E-state index < -0.39 is 4.92 Å². The summed E-state index contributed by atoms with van der Waals surface area (Å²) in [5.41, 5.74) is 3.15. The molecule has 3 aromatic carbocycles. The number of nitro groups is 1. The highest BCUT2D eigenvalue weighted by atomic mass is 32.2. The van der Waals surface area contributed by atoms with Crippen molar-refractivity contribution in [3.8, 4) is 11.4 Å². The molecule has 1 aliphatic carbocycles. The van der Waals surface area contributed by atoms with E-state index in [2.05, 4.69) is 15.5 Å². The molecule has 0 aliphatic heterocycles. The number of carbonyl (C=O) groups excluding carboxylic acids is 1. The lowest BCUT2D eigenvalue weighted by Gasteiger charge is -2.11. The molecule has 4 aromatic rings. The van der Waals surface area contributed by atoms with Crippen molar-refractivity contribution in [3.63, 3.8) is 0 Å². The molecule has 0 bridgehead atoms. The fourth-order valence-corrected chi connectivity index (χ4v) is 4.62. The van der Waals surface area contributed by atoms with Crippen LogP contribution in [0.25, 0.3) is 11.4 Å². The van der Waals surface area contributed by atoms with E-state index in [4.69, 9.17) is 0 Å². The molecular weight excluding hydrogens is 462 g/mol. The number of hydrogen-bond acceptors (Lipinski definition) is 6. The molecule has 1 heterocycles. The number of rotatable bonds is 9. The largest absolute Gasteiger partial charge is 0.349 e. The second kappa shape index (κ2) is 10.1. The van der Waals surface area contributed by atoms with Crippen LogP contribution in [-0.2, 0) is 12.3 Å². The van der Waals surface area contributed by atoms with Gasteiger partial charge in [0.2, 0.25) is 0 Å². The summed E-state index contributed by atoms with van der Waals surface area (Å²) in [7, 11) is 0. The molecule has 5 rings (SSSR count). The van der Waals surface area contributed by atoms with Gasteiger partial charge in [-0.3, -0.25) is 19.5 Å². The highest BCUT2D eigenvalue weighted by Gasteiger charge is 2.24. The first-order valence-corrected chi connectivity index (χ1v) is 12.3. The lowest BCUT2D eigenvalue weighted by molar-refractivity contribution is -0.384. The Kier molecular flexibility index (Phi) is 6.58. The van der Waals surface area contributed by atoms with Crippen molar-refractivity contribution in [2.75, 3.05) is 0 Å². The zero-order valence-corrected chi connectivity index (χ0v) is 19.6. The van der Waals surface area contributed by atoms with Gasteiger partial charge in [0.1, 0.15) is 0 Å². The minimum atomic E-state index is -0.398. The summed E-state index contributed by atoms with van der Waals surface area (Å²) in [6.07, 6.45) is 2.11. The van der Waals surface area contributed by atoms with E-state index in [1.807, 2.05) is 59.2 Å². The summed E-state index contributed by atoms with van der Waals surface area (Å²) < 4.78 is 1.92. The molecule has 0 spiro atoms. The summed E-state index contributed by atoms with van der Waals surface area (Å²) in [6.45, 7) is 0.484. The van der Waals surface area contributed by atoms with Crippen molar-refractivity contribution in [1.29, 1.82) is 0 Å². The van der Waals surface area contributed by atoms with Crippen LogP contribution in [0.15, 0.2) is 84.0 Å². The molecule has 9 heteroatoms. The number of para-hydroxylation sites is 1. The van der Waals surface area contributed by atoms with Crippen molar-refractivity contribution in [1.82, 2.24) is 20.1 Å². The number of nitro benzene ring substituents is 1. The predicted octanol–water partition coefficient (Wildman–Crippen LogP) is 5.09. The molecule has 0 saturated heterocycles. The number of amides is 1. The minimum absolute atomic E-state index is 0.00850. The summed E-state index contributed by atoms with van der Waals surface area (Å²) in [5.74, 6) is 1.04. The van der Waals surface area contributed by atoms with Gasteiger partial charge in [0.05, 0.1) is 17.0 Å². The Balaban J connectivity index is 1.39. The van der Waals surface area contributed by atoms with Crippen molar-refractivity contribution in [2.45, 2.75) is 36.3 Å². The average molecular weight is 486 g/mol. The van der Waals surface area contributed by atoms with E-state index in [9.17, 15) is 14.9 Å². The standard InChI is InChI=1S/C26H23N5O3S/c32-25(27-21-14-15-21)20-12-10-19(11-13-20)17-35-26-29-28-24(22-8-4-5-9-23(22)31(33)34)30(26)16-18-6-2-1-3-7-18/h1-13,21H,14-17H2,(H,27,32). The van der Waals surface area contributed by atoms with Gasteiger partial charge in [-0.2, -0.15) is 0 Å². The molecule has 1 N–H and O–H groups in total. The molecule has 1 aromatic heterocycles. The third-order valence-corrected chi connectivity index (χ3v) is 6.78.